The van der Waals surface area contributed by atoms with Crippen molar-refractivity contribution in [3.8, 4) is 0 Å². The van der Waals surface area contributed by atoms with Crippen LogP contribution in [0.15, 0.2) is 4.79 Å². The average Bonchev–Trinajstić information content (AvgIpc) is 2.73. The number of aryl methyl sites for hydroxylation is 1. The molecule has 0 bridgehead atoms. The summed E-state index contributed by atoms with van der Waals surface area (Å²) in [7, 11) is 3.22. The highest BCUT2D eigenvalue weighted by atomic mass is 16.5. The summed E-state index contributed by atoms with van der Waals surface area (Å²) < 4.78 is 7.87. The van der Waals surface area contributed by atoms with Gasteiger partial charge in [0.1, 0.15) is 6.04 Å². The first-order chi connectivity index (χ1) is 11.9. The summed E-state index contributed by atoms with van der Waals surface area (Å²) in [6.45, 7) is 3.64. The largest absolute Gasteiger partial charge is 0.381 e. The van der Waals surface area contributed by atoms with Crippen LogP contribution in [0, 0.1) is 0 Å². The number of aromatic nitrogens is 3. The Kier molecular flexibility index (Phi) is 6.74. The van der Waals surface area contributed by atoms with Crippen molar-refractivity contribution in [2.24, 2.45) is 14.1 Å². The molecule has 9 nitrogen and oxygen atoms in total. The zero-order chi connectivity index (χ0) is 18.4. The molecule has 1 N–H and O–H groups in total. The predicted molar refractivity (Wildman–Crippen MR) is 90.8 cm³/mol. The number of likely N-dealkylation sites (tertiary alicyclic amines) is 1. The average molecular weight is 353 g/mol. The minimum Gasteiger partial charge on any atom is -0.381 e. The van der Waals surface area contributed by atoms with Crippen molar-refractivity contribution >= 4 is 11.8 Å². The third kappa shape index (κ3) is 4.91. The Balaban J connectivity index is 2.01. The molecule has 0 aliphatic carbocycles. The van der Waals surface area contributed by atoms with Gasteiger partial charge in [-0.2, -0.15) is 5.10 Å². The molecule has 1 unspecified atom stereocenters. The van der Waals surface area contributed by atoms with Crippen LogP contribution in [-0.4, -0.2) is 56.9 Å². The Morgan fingerprint density at radius 3 is 2.72 bits per heavy atom. The molecule has 1 saturated heterocycles. The highest BCUT2D eigenvalue weighted by molar-refractivity contribution is 5.87. The molecule has 2 amide bonds. The van der Waals surface area contributed by atoms with Crippen LogP contribution in [0.4, 0.5) is 0 Å². The number of nitrogens with one attached hydrogen (secondary N) is 1. The second kappa shape index (κ2) is 8.80. The van der Waals surface area contributed by atoms with Crippen LogP contribution in [0.5, 0.6) is 0 Å². The van der Waals surface area contributed by atoms with Crippen LogP contribution in [0.3, 0.4) is 0 Å². The Hall–Kier alpha value is -2.16. The molecule has 1 fully saturated rings. The van der Waals surface area contributed by atoms with Crippen LogP contribution in [0.2, 0.25) is 0 Å². The van der Waals surface area contributed by atoms with Gasteiger partial charge in [0.2, 0.25) is 11.8 Å². The molecule has 25 heavy (non-hydrogen) atoms. The highest BCUT2D eigenvalue weighted by Crippen LogP contribution is 2.14. The number of amides is 2. The van der Waals surface area contributed by atoms with E-state index in [-0.39, 0.29) is 30.5 Å². The monoisotopic (exact) mass is 353 g/mol. The molecule has 1 atom stereocenters. The summed E-state index contributed by atoms with van der Waals surface area (Å²) in [6.07, 6.45) is 2.58. The van der Waals surface area contributed by atoms with Crippen LogP contribution in [0.25, 0.3) is 0 Å². The maximum absolute atomic E-state index is 12.8. The maximum Gasteiger partial charge on any atom is 0.345 e. The highest BCUT2D eigenvalue weighted by Gasteiger charge is 2.29. The van der Waals surface area contributed by atoms with Gasteiger partial charge in [0.05, 0.1) is 13.2 Å². The van der Waals surface area contributed by atoms with Crippen molar-refractivity contribution in [3.05, 3.63) is 16.3 Å². The molecule has 0 aromatic carbocycles. The molecular formula is C16H27N5O4. The normalized spacial score (nSPS) is 18.3. The van der Waals surface area contributed by atoms with Crippen LogP contribution < -0.4 is 11.0 Å². The van der Waals surface area contributed by atoms with E-state index in [0.717, 1.165) is 12.8 Å². The number of hydrogen-bond acceptors (Lipinski definition) is 5. The van der Waals surface area contributed by atoms with Crippen LogP contribution >= 0.6 is 0 Å². The van der Waals surface area contributed by atoms with Crippen molar-refractivity contribution < 1.29 is 14.3 Å². The van der Waals surface area contributed by atoms with Gasteiger partial charge in [-0.15, -0.1) is 0 Å². The van der Waals surface area contributed by atoms with Crippen molar-refractivity contribution in [1.82, 2.24) is 24.6 Å². The maximum atomic E-state index is 12.8. The summed E-state index contributed by atoms with van der Waals surface area (Å²) in [5.41, 5.74) is -0.224. The quantitative estimate of drug-likeness (QED) is 0.669. The minimum atomic E-state index is -0.530. The first-order valence-electron chi connectivity index (χ1n) is 8.68. The van der Waals surface area contributed by atoms with Crippen molar-refractivity contribution in [2.75, 3.05) is 19.8 Å². The van der Waals surface area contributed by atoms with Gasteiger partial charge in [-0.25, -0.2) is 9.48 Å². The fourth-order valence-corrected chi connectivity index (χ4v) is 2.89. The van der Waals surface area contributed by atoms with E-state index >= 15 is 0 Å². The Bertz CT molecular complexity index is 666. The summed E-state index contributed by atoms with van der Waals surface area (Å²) >= 11 is 0. The zero-order valence-corrected chi connectivity index (χ0v) is 15.2. The van der Waals surface area contributed by atoms with Gasteiger partial charge in [-0.3, -0.25) is 14.2 Å². The first kappa shape index (κ1) is 19.2. The van der Waals surface area contributed by atoms with Crippen molar-refractivity contribution in [1.29, 1.82) is 0 Å². The fraction of sp³-hybridized carbons (Fsp3) is 0.750. The number of ether oxygens (including phenoxy) is 1. The number of nitrogens with zero attached hydrogens (tertiary/aromatic N) is 4. The number of carbonyl (C=O) groups is 2. The Morgan fingerprint density at radius 1 is 1.32 bits per heavy atom. The van der Waals surface area contributed by atoms with Gasteiger partial charge >= 0.3 is 5.69 Å². The molecule has 1 aromatic heterocycles. The lowest BCUT2D eigenvalue weighted by Crippen LogP contribution is -2.47. The van der Waals surface area contributed by atoms with Crippen LogP contribution in [0.1, 0.15) is 38.4 Å². The van der Waals surface area contributed by atoms with E-state index in [1.54, 1.807) is 19.0 Å². The number of rotatable bonds is 7. The van der Waals surface area contributed by atoms with E-state index in [0.29, 0.717) is 32.0 Å². The lowest BCUT2D eigenvalue weighted by molar-refractivity contribution is -0.136. The van der Waals surface area contributed by atoms with Gasteiger partial charge in [0.25, 0.3) is 0 Å². The molecule has 2 rings (SSSR count). The molecule has 0 saturated carbocycles. The molecule has 140 valence electrons. The summed E-state index contributed by atoms with van der Waals surface area (Å²) in [5, 5.41) is 6.98. The number of carbonyl (C=O) groups excluding carboxylic acids is 2. The smallest absolute Gasteiger partial charge is 0.345 e. The third-order valence-electron chi connectivity index (χ3n) is 4.34. The van der Waals surface area contributed by atoms with Crippen LogP contribution in [-0.2, 0) is 35.0 Å². The lowest BCUT2D eigenvalue weighted by atomic mass is 10.1. The number of hydrogen-bond donors (Lipinski definition) is 1. The van der Waals surface area contributed by atoms with E-state index in [4.69, 9.17) is 4.74 Å². The van der Waals surface area contributed by atoms with Crippen molar-refractivity contribution in [2.45, 2.75) is 45.2 Å². The van der Waals surface area contributed by atoms with Gasteiger partial charge in [-0.1, -0.05) is 0 Å². The molecule has 1 aliphatic rings. The minimum absolute atomic E-state index is 0.125. The van der Waals surface area contributed by atoms with Gasteiger partial charge in [-0.05, 0) is 26.2 Å². The summed E-state index contributed by atoms with van der Waals surface area (Å²) in [4.78, 5) is 38.2. The topological polar surface area (TPSA) is 98.5 Å². The molecule has 1 aromatic rings. The van der Waals surface area contributed by atoms with Gasteiger partial charge in [0.15, 0.2) is 5.82 Å². The summed E-state index contributed by atoms with van der Waals surface area (Å²) in [6, 6.07) is -0.530. The van der Waals surface area contributed by atoms with E-state index in [1.165, 1.54) is 9.25 Å². The lowest BCUT2D eigenvalue weighted by Gasteiger charge is -2.24. The Morgan fingerprint density at radius 2 is 2.08 bits per heavy atom. The van der Waals surface area contributed by atoms with E-state index in [2.05, 4.69) is 10.4 Å². The molecule has 9 heteroatoms. The Labute approximate surface area is 146 Å². The third-order valence-corrected chi connectivity index (χ3v) is 4.34. The first-order valence-corrected chi connectivity index (χ1v) is 8.68. The van der Waals surface area contributed by atoms with E-state index in [9.17, 15) is 14.4 Å². The van der Waals surface area contributed by atoms with Crippen molar-refractivity contribution in [3.63, 3.8) is 0 Å². The fourth-order valence-electron chi connectivity index (χ4n) is 2.89. The van der Waals surface area contributed by atoms with Gasteiger partial charge in [0, 0.05) is 33.7 Å². The second-order valence-corrected chi connectivity index (χ2v) is 6.20. The molecular weight excluding hydrogens is 326 g/mol. The molecule has 0 spiro atoms. The second-order valence-electron chi connectivity index (χ2n) is 6.20. The summed E-state index contributed by atoms with van der Waals surface area (Å²) in [5.74, 6) is 0.225. The van der Waals surface area contributed by atoms with Gasteiger partial charge < -0.3 is 15.0 Å². The van der Waals surface area contributed by atoms with E-state index < -0.39 is 6.04 Å². The van der Waals surface area contributed by atoms with E-state index in [1.807, 2.05) is 6.92 Å². The standard InChI is InChI=1S/C16H27N5O4/c1-4-25-10-8-14(22)17-12-7-5-6-9-21(15(12)23)11-13-18-20(3)16(24)19(13)2/h12H,4-11H2,1-3H3,(H,17,22). The SMILES string of the molecule is CCOCCC(=O)NC1CCCCN(Cc2nn(C)c(=O)n2C)C1=O. The predicted octanol–water partition coefficient (Wildman–Crippen LogP) is -0.457. The molecule has 2 heterocycles. The molecule has 0 radical (unpaired) electrons. The molecule has 1 aliphatic heterocycles. The zero-order valence-electron chi connectivity index (χ0n) is 15.2.